The Kier molecular flexibility index (Phi) is 6.53. The minimum absolute atomic E-state index is 0. The topological polar surface area (TPSA) is 112 Å². The van der Waals surface area contributed by atoms with E-state index in [2.05, 4.69) is 10.2 Å². The molecule has 2 atom stereocenters. The Balaban J connectivity index is 0.00000176. The molecule has 1 saturated heterocycles. The van der Waals surface area contributed by atoms with E-state index in [0.29, 0.717) is 17.1 Å². The Morgan fingerprint density at radius 3 is 2.86 bits per heavy atom. The van der Waals surface area contributed by atoms with Gasteiger partial charge < -0.3 is 15.6 Å². The van der Waals surface area contributed by atoms with E-state index in [1.165, 1.54) is 39.8 Å². The summed E-state index contributed by atoms with van der Waals surface area (Å²) in [5, 5.41) is 19.8. The molecule has 112 valence electrons. The molecule has 2 aliphatic rings. The Labute approximate surface area is 181 Å². The number of hydrogen-bond acceptors (Lipinski definition) is 9. The summed E-state index contributed by atoms with van der Waals surface area (Å²) in [4.78, 5) is 24.4. The maximum absolute atomic E-state index is 11.8. The van der Waals surface area contributed by atoms with Gasteiger partial charge in [0.05, 0.1) is 11.7 Å². The Morgan fingerprint density at radius 2 is 2.27 bits per heavy atom. The van der Waals surface area contributed by atoms with Crippen LogP contribution in [0.2, 0.25) is 0 Å². The zero-order valence-corrected chi connectivity index (χ0v) is 17.5. The van der Waals surface area contributed by atoms with Crippen LogP contribution >= 0.6 is 34.9 Å². The molecule has 0 bridgehead atoms. The van der Waals surface area contributed by atoms with E-state index in [4.69, 9.17) is 5.73 Å². The number of carbonyl (C=O) groups excluding carboxylic acids is 2. The minimum atomic E-state index is -1.33. The summed E-state index contributed by atoms with van der Waals surface area (Å²) in [6.07, 6.45) is 0. The normalized spacial score (nSPS) is 23.7. The molecular weight excluding hydrogens is 371 g/mol. The molecule has 3 rings (SSSR count). The molecule has 0 aliphatic carbocycles. The van der Waals surface area contributed by atoms with Crippen molar-refractivity contribution in [1.82, 2.24) is 15.1 Å². The molecule has 1 fully saturated rings. The van der Waals surface area contributed by atoms with Crippen molar-refractivity contribution in [1.29, 1.82) is 0 Å². The summed E-state index contributed by atoms with van der Waals surface area (Å²) in [5.74, 6) is -0.724. The predicted molar refractivity (Wildman–Crippen MR) is 78.5 cm³/mol. The number of nitrogens with zero attached hydrogens (tertiary/aromatic N) is 3. The van der Waals surface area contributed by atoms with Gasteiger partial charge in [0.15, 0.2) is 4.34 Å². The molecule has 0 spiro atoms. The van der Waals surface area contributed by atoms with Crippen LogP contribution in [-0.4, -0.2) is 49.9 Å². The van der Waals surface area contributed by atoms with Gasteiger partial charge in [0.2, 0.25) is 5.91 Å². The number of aryl methyl sites for hydroxylation is 1. The summed E-state index contributed by atoms with van der Waals surface area (Å²) in [5.41, 5.74) is 6.32. The summed E-state index contributed by atoms with van der Waals surface area (Å²) < 4.78 is 0.774. The number of fused-ring (bicyclic) bond motifs is 1. The first-order valence-corrected chi connectivity index (χ1v) is 8.90. The molecule has 1 amide bonds. The number of thioether (sulfide) groups is 2. The zero-order chi connectivity index (χ0) is 15.1. The van der Waals surface area contributed by atoms with Crippen LogP contribution in [0.4, 0.5) is 0 Å². The Hall–Kier alpha value is 0.536. The molecule has 0 saturated carbocycles. The van der Waals surface area contributed by atoms with Crippen LogP contribution in [0.5, 0.6) is 0 Å². The molecular formula is C11H11KN4O3S3. The second kappa shape index (κ2) is 7.61. The van der Waals surface area contributed by atoms with E-state index >= 15 is 0 Å². The monoisotopic (exact) mass is 382 g/mol. The fourth-order valence-electron chi connectivity index (χ4n) is 2.17. The van der Waals surface area contributed by atoms with Gasteiger partial charge in [0.25, 0.3) is 0 Å². The van der Waals surface area contributed by atoms with Gasteiger partial charge in [-0.05, 0) is 12.5 Å². The van der Waals surface area contributed by atoms with Crippen molar-refractivity contribution in [2.24, 2.45) is 5.73 Å². The zero-order valence-electron chi connectivity index (χ0n) is 11.9. The number of amides is 1. The van der Waals surface area contributed by atoms with Crippen LogP contribution in [0.3, 0.4) is 0 Å². The van der Waals surface area contributed by atoms with E-state index in [9.17, 15) is 14.7 Å². The quantitative estimate of drug-likeness (QED) is 0.320. The number of nitrogens with two attached hydrogens (primary N) is 1. The van der Waals surface area contributed by atoms with Gasteiger partial charge in [0.1, 0.15) is 16.4 Å². The number of aromatic nitrogens is 2. The fourth-order valence-corrected chi connectivity index (χ4v) is 5.41. The number of carboxylic acids is 1. The van der Waals surface area contributed by atoms with Crippen LogP contribution in [0.25, 0.3) is 0 Å². The summed E-state index contributed by atoms with van der Waals surface area (Å²) in [6.45, 7) is 1.86. The third kappa shape index (κ3) is 3.47. The first-order chi connectivity index (χ1) is 9.99. The van der Waals surface area contributed by atoms with Crippen molar-refractivity contribution in [2.75, 3.05) is 11.5 Å². The third-order valence-electron chi connectivity index (χ3n) is 3.16. The number of carbonyl (C=O) groups is 2. The van der Waals surface area contributed by atoms with E-state index < -0.39 is 12.0 Å². The molecule has 0 radical (unpaired) electrons. The molecule has 2 aliphatic heterocycles. The van der Waals surface area contributed by atoms with Crippen LogP contribution in [0.1, 0.15) is 5.01 Å². The second-order valence-electron chi connectivity index (χ2n) is 4.55. The van der Waals surface area contributed by atoms with Gasteiger partial charge in [-0.1, -0.05) is 23.1 Å². The van der Waals surface area contributed by atoms with E-state index in [1.54, 1.807) is 0 Å². The predicted octanol–water partition coefficient (Wildman–Crippen LogP) is -3.81. The Bertz CT molecular complexity index is 650. The van der Waals surface area contributed by atoms with Crippen molar-refractivity contribution < 1.29 is 66.1 Å². The first kappa shape index (κ1) is 18.9. The van der Waals surface area contributed by atoms with Gasteiger partial charge in [-0.2, -0.15) is 0 Å². The van der Waals surface area contributed by atoms with Crippen molar-refractivity contribution in [3.63, 3.8) is 0 Å². The van der Waals surface area contributed by atoms with Gasteiger partial charge in [-0.15, -0.1) is 22.0 Å². The molecule has 1 unspecified atom stereocenters. The molecule has 3 heterocycles. The van der Waals surface area contributed by atoms with Crippen LogP contribution < -0.4 is 62.2 Å². The molecule has 0 aromatic carbocycles. The Morgan fingerprint density at radius 1 is 1.55 bits per heavy atom. The minimum Gasteiger partial charge on any atom is -0.543 e. The SMILES string of the molecule is Cc1nnc(SCC2=C(C(=O)[O-])N3C(=O)C(N)[C@@H]3SC2)s1.[K+]. The van der Waals surface area contributed by atoms with Gasteiger partial charge in [-0.25, -0.2) is 0 Å². The smallest absolute Gasteiger partial charge is 0.543 e. The van der Waals surface area contributed by atoms with Crippen LogP contribution in [-0.2, 0) is 9.59 Å². The van der Waals surface area contributed by atoms with Crippen LogP contribution in [0, 0.1) is 6.92 Å². The number of β-lactam (4-membered cyclic amide) rings is 1. The number of rotatable bonds is 4. The van der Waals surface area contributed by atoms with Crippen molar-refractivity contribution in [3.8, 4) is 0 Å². The summed E-state index contributed by atoms with van der Waals surface area (Å²) in [6, 6.07) is -0.621. The number of aliphatic carboxylic acids is 1. The molecule has 1 aromatic rings. The standard InChI is InChI=1S/C11H12N4O3S3.K/c1-4-13-14-11(21-4)20-3-5-2-19-9-6(12)8(16)15(9)7(5)10(17)18;/h6,9H,2-3,12H2,1H3,(H,17,18);/q;+1/p-1/t6?,9-;/m0./s1. The molecule has 7 nitrogen and oxygen atoms in total. The van der Waals surface area contributed by atoms with E-state index in [1.807, 2.05) is 6.92 Å². The molecule has 22 heavy (non-hydrogen) atoms. The van der Waals surface area contributed by atoms with E-state index in [0.717, 1.165) is 9.35 Å². The largest absolute Gasteiger partial charge is 1.00 e. The molecule has 2 N–H and O–H groups in total. The number of carboxylic acid groups (broad SMARTS) is 1. The summed E-state index contributed by atoms with van der Waals surface area (Å²) >= 11 is 4.34. The maximum atomic E-state index is 11.8. The maximum Gasteiger partial charge on any atom is 1.00 e. The summed E-state index contributed by atoms with van der Waals surface area (Å²) in [7, 11) is 0. The van der Waals surface area contributed by atoms with Crippen molar-refractivity contribution in [3.05, 3.63) is 16.3 Å². The molecule has 11 heteroatoms. The van der Waals surface area contributed by atoms with Crippen molar-refractivity contribution in [2.45, 2.75) is 22.7 Å². The average molecular weight is 383 g/mol. The third-order valence-corrected chi connectivity index (χ3v) is 6.58. The fraction of sp³-hybridized carbons (Fsp3) is 0.455. The van der Waals surface area contributed by atoms with Crippen molar-refractivity contribution >= 4 is 46.7 Å². The van der Waals surface area contributed by atoms with Gasteiger partial charge in [-0.3, -0.25) is 9.69 Å². The first-order valence-electron chi connectivity index (χ1n) is 6.05. The van der Waals surface area contributed by atoms with Gasteiger partial charge >= 0.3 is 51.4 Å². The van der Waals surface area contributed by atoms with Gasteiger partial charge in [0, 0.05) is 11.5 Å². The average Bonchev–Trinajstić information content (AvgIpc) is 2.88. The second-order valence-corrected chi connectivity index (χ2v) is 8.06. The number of hydrogen-bond donors (Lipinski definition) is 1. The van der Waals surface area contributed by atoms with E-state index in [-0.39, 0.29) is 68.4 Å². The van der Waals surface area contributed by atoms with Crippen LogP contribution in [0.15, 0.2) is 15.6 Å². The molecule has 1 aromatic heterocycles.